The minimum Gasteiger partial charge on any atom is -0.308 e. The van der Waals surface area contributed by atoms with Crippen LogP contribution < -0.4 is 5.32 Å². The Morgan fingerprint density at radius 3 is 2.33 bits per heavy atom. The van der Waals surface area contributed by atoms with Gasteiger partial charge in [0.15, 0.2) is 0 Å². The van der Waals surface area contributed by atoms with E-state index in [9.17, 15) is 10.1 Å². The molecule has 4 nitrogen and oxygen atoms in total. The molecule has 0 heterocycles. The molecule has 0 aliphatic heterocycles. The summed E-state index contributed by atoms with van der Waals surface area (Å²) in [7, 11) is 0. The van der Waals surface area contributed by atoms with Crippen molar-refractivity contribution in [2.75, 3.05) is 6.54 Å². The van der Waals surface area contributed by atoms with Gasteiger partial charge in [0.2, 0.25) is 5.54 Å². The SMILES string of the molecule is CCC(C)(CNC(C)C)[N+](=O)[O-]. The van der Waals surface area contributed by atoms with Crippen LogP contribution in [0.2, 0.25) is 0 Å². The summed E-state index contributed by atoms with van der Waals surface area (Å²) in [6, 6.07) is 0.302. The van der Waals surface area contributed by atoms with Crippen LogP contribution in [-0.2, 0) is 0 Å². The fourth-order valence-corrected chi connectivity index (χ4v) is 0.743. The molecule has 1 N–H and O–H groups in total. The Bertz CT molecular complexity index is 159. The Morgan fingerprint density at radius 2 is 2.08 bits per heavy atom. The summed E-state index contributed by atoms with van der Waals surface area (Å²) < 4.78 is 0. The summed E-state index contributed by atoms with van der Waals surface area (Å²) in [6.07, 6.45) is 0.555. The van der Waals surface area contributed by atoms with Gasteiger partial charge >= 0.3 is 0 Å². The first-order valence-corrected chi connectivity index (χ1v) is 4.30. The molecule has 0 spiro atoms. The van der Waals surface area contributed by atoms with E-state index in [0.29, 0.717) is 19.0 Å². The number of nitrogens with zero attached hydrogens (tertiary/aromatic N) is 1. The van der Waals surface area contributed by atoms with E-state index in [0.717, 1.165) is 0 Å². The Kier molecular flexibility index (Phi) is 4.17. The van der Waals surface area contributed by atoms with E-state index < -0.39 is 5.54 Å². The van der Waals surface area contributed by atoms with Gasteiger partial charge in [-0.1, -0.05) is 20.8 Å². The summed E-state index contributed by atoms with van der Waals surface area (Å²) in [5, 5.41) is 13.7. The lowest BCUT2D eigenvalue weighted by Gasteiger charge is -2.20. The zero-order valence-electron chi connectivity index (χ0n) is 8.26. The minimum absolute atomic E-state index is 0.206. The second-order valence-electron chi connectivity index (χ2n) is 3.64. The van der Waals surface area contributed by atoms with E-state index in [-0.39, 0.29) is 4.92 Å². The summed E-state index contributed by atoms with van der Waals surface area (Å²) in [5.41, 5.74) is -0.815. The normalized spacial score (nSPS) is 16.1. The molecule has 12 heavy (non-hydrogen) atoms. The first-order chi connectivity index (χ1) is 5.42. The third-order valence-corrected chi connectivity index (χ3v) is 2.09. The van der Waals surface area contributed by atoms with Gasteiger partial charge in [0, 0.05) is 24.3 Å². The van der Waals surface area contributed by atoms with Crippen molar-refractivity contribution in [1.29, 1.82) is 0 Å². The number of hydrogen-bond donors (Lipinski definition) is 1. The molecular weight excluding hydrogens is 156 g/mol. The predicted octanol–water partition coefficient (Wildman–Crippen LogP) is 1.43. The molecule has 72 valence electrons. The smallest absolute Gasteiger partial charge is 0.231 e. The maximum atomic E-state index is 10.6. The standard InChI is InChI=1S/C8H18N2O2/c1-5-8(4,10(11)12)6-9-7(2)3/h7,9H,5-6H2,1-4H3. The van der Waals surface area contributed by atoms with Crippen LogP contribution in [0, 0.1) is 10.1 Å². The van der Waals surface area contributed by atoms with Gasteiger partial charge in [0.05, 0.1) is 6.54 Å². The quantitative estimate of drug-likeness (QED) is 0.506. The first-order valence-electron chi connectivity index (χ1n) is 4.30. The molecular formula is C8H18N2O2. The minimum atomic E-state index is -0.815. The molecule has 0 saturated heterocycles. The third-order valence-electron chi connectivity index (χ3n) is 2.09. The Labute approximate surface area is 73.5 Å². The molecule has 0 aromatic carbocycles. The Morgan fingerprint density at radius 1 is 1.58 bits per heavy atom. The van der Waals surface area contributed by atoms with Crippen LogP contribution in [0.1, 0.15) is 34.1 Å². The van der Waals surface area contributed by atoms with E-state index >= 15 is 0 Å². The molecule has 0 radical (unpaired) electrons. The second-order valence-corrected chi connectivity index (χ2v) is 3.64. The topological polar surface area (TPSA) is 55.2 Å². The number of nitro groups is 1. The molecule has 0 aromatic heterocycles. The molecule has 0 saturated carbocycles. The summed E-state index contributed by atoms with van der Waals surface area (Å²) in [6.45, 7) is 7.91. The van der Waals surface area contributed by atoms with Crippen molar-refractivity contribution >= 4 is 0 Å². The first kappa shape index (κ1) is 11.4. The van der Waals surface area contributed by atoms with E-state index in [1.54, 1.807) is 6.92 Å². The van der Waals surface area contributed by atoms with E-state index in [2.05, 4.69) is 5.32 Å². The molecule has 1 unspecified atom stereocenters. The van der Waals surface area contributed by atoms with Gasteiger partial charge in [-0.15, -0.1) is 0 Å². The van der Waals surface area contributed by atoms with Gasteiger partial charge in [-0.05, 0) is 0 Å². The van der Waals surface area contributed by atoms with Crippen LogP contribution in [0.5, 0.6) is 0 Å². The second kappa shape index (κ2) is 4.40. The molecule has 0 fully saturated rings. The van der Waals surface area contributed by atoms with Crippen molar-refractivity contribution in [1.82, 2.24) is 5.32 Å². The largest absolute Gasteiger partial charge is 0.308 e. The van der Waals surface area contributed by atoms with Crippen LogP contribution >= 0.6 is 0 Å². The average Bonchev–Trinajstić information content (AvgIpc) is 1.99. The van der Waals surface area contributed by atoms with E-state index in [4.69, 9.17) is 0 Å². The zero-order chi connectivity index (χ0) is 9.78. The molecule has 0 rings (SSSR count). The Hall–Kier alpha value is -0.640. The van der Waals surface area contributed by atoms with Crippen molar-refractivity contribution in [2.45, 2.75) is 45.7 Å². The maximum Gasteiger partial charge on any atom is 0.231 e. The van der Waals surface area contributed by atoms with Crippen LogP contribution in [0.15, 0.2) is 0 Å². The van der Waals surface area contributed by atoms with Crippen molar-refractivity contribution in [3.8, 4) is 0 Å². The summed E-state index contributed by atoms with van der Waals surface area (Å²) in [4.78, 5) is 10.4. The van der Waals surface area contributed by atoms with Crippen molar-refractivity contribution in [3.63, 3.8) is 0 Å². The molecule has 0 aliphatic carbocycles. The highest BCUT2D eigenvalue weighted by Crippen LogP contribution is 2.12. The molecule has 0 aromatic rings. The summed E-state index contributed by atoms with van der Waals surface area (Å²) in [5.74, 6) is 0. The van der Waals surface area contributed by atoms with Gasteiger partial charge < -0.3 is 5.32 Å². The van der Waals surface area contributed by atoms with Crippen molar-refractivity contribution in [2.24, 2.45) is 0 Å². The van der Waals surface area contributed by atoms with Gasteiger partial charge in [-0.3, -0.25) is 10.1 Å². The molecule has 0 aliphatic rings. The van der Waals surface area contributed by atoms with Crippen molar-refractivity contribution < 1.29 is 4.92 Å². The van der Waals surface area contributed by atoms with Crippen LogP contribution in [-0.4, -0.2) is 23.0 Å². The number of hydrogen-bond acceptors (Lipinski definition) is 3. The highest BCUT2D eigenvalue weighted by atomic mass is 16.6. The van der Waals surface area contributed by atoms with Gasteiger partial charge in [-0.2, -0.15) is 0 Å². The lowest BCUT2D eigenvalue weighted by molar-refractivity contribution is -0.563. The zero-order valence-corrected chi connectivity index (χ0v) is 8.26. The number of rotatable bonds is 5. The monoisotopic (exact) mass is 174 g/mol. The fraction of sp³-hybridized carbons (Fsp3) is 1.00. The van der Waals surface area contributed by atoms with Crippen LogP contribution in [0.3, 0.4) is 0 Å². The molecule has 0 amide bonds. The molecule has 4 heteroatoms. The molecule has 0 bridgehead atoms. The lowest BCUT2D eigenvalue weighted by Crippen LogP contribution is -2.46. The fourth-order valence-electron chi connectivity index (χ4n) is 0.743. The predicted molar refractivity (Wildman–Crippen MR) is 48.8 cm³/mol. The van der Waals surface area contributed by atoms with E-state index in [1.165, 1.54) is 0 Å². The van der Waals surface area contributed by atoms with Crippen LogP contribution in [0.4, 0.5) is 0 Å². The highest BCUT2D eigenvalue weighted by Gasteiger charge is 2.34. The summed E-state index contributed by atoms with van der Waals surface area (Å²) >= 11 is 0. The number of nitrogens with one attached hydrogen (secondary N) is 1. The maximum absolute atomic E-state index is 10.6. The van der Waals surface area contributed by atoms with Gasteiger partial charge in [-0.25, -0.2) is 0 Å². The molecule has 1 atom stereocenters. The average molecular weight is 174 g/mol. The van der Waals surface area contributed by atoms with E-state index in [1.807, 2.05) is 20.8 Å². The van der Waals surface area contributed by atoms with Gasteiger partial charge in [0.25, 0.3) is 0 Å². The van der Waals surface area contributed by atoms with Crippen LogP contribution in [0.25, 0.3) is 0 Å². The van der Waals surface area contributed by atoms with Gasteiger partial charge in [0.1, 0.15) is 0 Å². The van der Waals surface area contributed by atoms with Crippen molar-refractivity contribution in [3.05, 3.63) is 10.1 Å². The Balaban J connectivity index is 4.06. The third kappa shape index (κ3) is 3.17. The lowest BCUT2D eigenvalue weighted by atomic mass is 10.00. The highest BCUT2D eigenvalue weighted by molar-refractivity contribution is 4.75.